The third kappa shape index (κ3) is 4.52. The highest BCUT2D eigenvalue weighted by atomic mass is 16.1. The van der Waals surface area contributed by atoms with Crippen molar-refractivity contribution in [3.05, 3.63) is 47.9 Å². The summed E-state index contributed by atoms with van der Waals surface area (Å²) in [7, 11) is 1.50. The number of anilines is 3. The first-order valence-electron chi connectivity index (χ1n) is 8.87. The van der Waals surface area contributed by atoms with E-state index in [1.807, 2.05) is 39.8 Å². The van der Waals surface area contributed by atoms with Crippen LogP contribution < -0.4 is 16.8 Å². The Bertz CT molecular complexity index is 940. The fourth-order valence-electron chi connectivity index (χ4n) is 2.65. The van der Waals surface area contributed by atoms with Crippen molar-refractivity contribution in [3.8, 4) is 11.3 Å². The van der Waals surface area contributed by atoms with Crippen LogP contribution in [0.15, 0.2) is 36.7 Å². The molecule has 2 aromatic heterocycles. The Hall–Kier alpha value is -3.26. The molecule has 1 aromatic carbocycles. The molecule has 148 valence electrons. The first-order chi connectivity index (χ1) is 13.3. The lowest BCUT2D eigenvalue weighted by Crippen LogP contribution is -2.25. The van der Waals surface area contributed by atoms with E-state index in [-0.39, 0.29) is 5.54 Å². The number of nitrogens with one attached hydrogen (secondary N) is 1. The van der Waals surface area contributed by atoms with Gasteiger partial charge in [0.2, 0.25) is 0 Å². The summed E-state index contributed by atoms with van der Waals surface area (Å²) in [6.07, 6.45) is 4.10. The molecule has 8 nitrogen and oxygen atoms in total. The van der Waals surface area contributed by atoms with Gasteiger partial charge in [-0.3, -0.25) is 9.78 Å². The van der Waals surface area contributed by atoms with Crippen LogP contribution in [0.3, 0.4) is 0 Å². The Morgan fingerprint density at radius 3 is 2.29 bits per heavy atom. The monoisotopic (exact) mass is 381 g/mol. The number of nitrogens with zero attached hydrogens (tertiary/aromatic N) is 4. The summed E-state index contributed by atoms with van der Waals surface area (Å²) in [6.45, 7) is 7.93. The number of rotatable bonds is 4. The highest BCUT2D eigenvalue weighted by molar-refractivity contribution is 5.93. The summed E-state index contributed by atoms with van der Waals surface area (Å²) in [5.74, 6) is 1.14. The maximum absolute atomic E-state index is 11.9. The molecule has 0 saturated carbocycles. The third-order valence-corrected chi connectivity index (χ3v) is 3.86. The largest absolute Gasteiger partial charge is 0.399 e. The molecule has 28 heavy (non-hydrogen) atoms. The molecular formula is C20H27N7O. The number of carbonyl (C=O) groups excluding carboxylic acids is 1. The van der Waals surface area contributed by atoms with Crippen LogP contribution in [0.2, 0.25) is 0 Å². The summed E-state index contributed by atoms with van der Waals surface area (Å²) in [5, 5.41) is 7.92. The normalized spacial score (nSPS) is 10.8. The first-order valence-corrected chi connectivity index (χ1v) is 8.87. The molecule has 0 saturated heterocycles. The Labute approximate surface area is 165 Å². The fraction of sp³-hybridized carbons (Fsp3) is 0.300. The van der Waals surface area contributed by atoms with E-state index in [1.54, 1.807) is 29.2 Å². The first kappa shape index (κ1) is 21.0. The molecule has 0 fully saturated rings. The minimum atomic E-state index is -0.344. The van der Waals surface area contributed by atoms with Crippen molar-refractivity contribution in [1.29, 1.82) is 0 Å². The van der Waals surface area contributed by atoms with Gasteiger partial charge in [0.05, 0.1) is 23.0 Å². The second-order valence-electron chi connectivity index (χ2n) is 7.10. The lowest BCUT2D eigenvalue weighted by molar-refractivity contribution is 0.112. The zero-order valence-electron chi connectivity index (χ0n) is 16.9. The Balaban J connectivity index is 0.00000136. The SMILES string of the molecule is CN.Cc1cncc(Nc2c(C=O)c(-c3ccc(N)cc3)nn2C(C)(C)C)n1. The van der Waals surface area contributed by atoms with Gasteiger partial charge in [-0.15, -0.1) is 0 Å². The van der Waals surface area contributed by atoms with Gasteiger partial charge in [0.25, 0.3) is 0 Å². The molecule has 0 atom stereocenters. The average molecular weight is 381 g/mol. The van der Waals surface area contributed by atoms with Gasteiger partial charge in [-0.2, -0.15) is 5.10 Å². The topological polar surface area (TPSA) is 125 Å². The van der Waals surface area contributed by atoms with Crippen LogP contribution in [0.1, 0.15) is 36.8 Å². The molecule has 0 aliphatic rings. The maximum Gasteiger partial charge on any atom is 0.156 e. The average Bonchev–Trinajstić information content (AvgIpc) is 3.02. The summed E-state index contributed by atoms with van der Waals surface area (Å²) in [5.41, 5.74) is 13.3. The number of hydrogen-bond donors (Lipinski definition) is 3. The van der Waals surface area contributed by atoms with Crippen LogP contribution in [0.25, 0.3) is 11.3 Å². The van der Waals surface area contributed by atoms with Gasteiger partial charge in [-0.25, -0.2) is 9.67 Å². The Morgan fingerprint density at radius 1 is 1.11 bits per heavy atom. The second-order valence-corrected chi connectivity index (χ2v) is 7.10. The van der Waals surface area contributed by atoms with Gasteiger partial charge in [0, 0.05) is 17.4 Å². The van der Waals surface area contributed by atoms with Crippen molar-refractivity contribution in [1.82, 2.24) is 19.7 Å². The van der Waals surface area contributed by atoms with E-state index in [1.165, 1.54) is 7.05 Å². The van der Waals surface area contributed by atoms with Gasteiger partial charge < -0.3 is 16.8 Å². The van der Waals surface area contributed by atoms with Crippen LogP contribution in [-0.4, -0.2) is 33.1 Å². The minimum absolute atomic E-state index is 0.344. The zero-order valence-corrected chi connectivity index (χ0v) is 16.9. The number of aldehydes is 1. The Kier molecular flexibility index (Phi) is 6.48. The minimum Gasteiger partial charge on any atom is -0.399 e. The van der Waals surface area contributed by atoms with Gasteiger partial charge in [0.1, 0.15) is 17.3 Å². The van der Waals surface area contributed by atoms with E-state index in [0.29, 0.717) is 28.6 Å². The van der Waals surface area contributed by atoms with Crippen molar-refractivity contribution < 1.29 is 4.79 Å². The number of aromatic nitrogens is 4. The molecule has 0 bridgehead atoms. The maximum atomic E-state index is 11.9. The van der Waals surface area contributed by atoms with Crippen LogP contribution in [0, 0.1) is 6.92 Å². The third-order valence-electron chi connectivity index (χ3n) is 3.86. The molecule has 3 aromatic rings. The molecule has 3 rings (SSSR count). The Morgan fingerprint density at radius 2 is 1.75 bits per heavy atom. The lowest BCUT2D eigenvalue weighted by Gasteiger charge is -2.22. The van der Waals surface area contributed by atoms with Crippen LogP contribution in [-0.2, 0) is 5.54 Å². The predicted octanol–water partition coefficient (Wildman–Crippen LogP) is 3.12. The predicted molar refractivity (Wildman–Crippen MR) is 113 cm³/mol. The van der Waals surface area contributed by atoms with Crippen molar-refractivity contribution in [2.45, 2.75) is 33.2 Å². The standard InChI is InChI=1S/C19H22N6O.CH5N/c1-12-9-21-10-16(22-12)23-18-15(11-26)17(24-25(18)19(2,3)4)13-5-7-14(20)8-6-13;1-2/h5-11H,20H2,1-4H3,(H,22,23);2H2,1H3. The summed E-state index contributed by atoms with van der Waals surface area (Å²) >= 11 is 0. The van der Waals surface area contributed by atoms with E-state index in [4.69, 9.17) is 10.8 Å². The number of carbonyl (C=O) groups is 1. The van der Waals surface area contributed by atoms with Crippen molar-refractivity contribution in [2.24, 2.45) is 5.73 Å². The quantitative estimate of drug-likeness (QED) is 0.468. The van der Waals surface area contributed by atoms with E-state index in [2.05, 4.69) is 21.0 Å². The summed E-state index contributed by atoms with van der Waals surface area (Å²) < 4.78 is 1.80. The van der Waals surface area contributed by atoms with E-state index in [9.17, 15) is 4.79 Å². The molecule has 0 radical (unpaired) electrons. The van der Waals surface area contributed by atoms with Gasteiger partial charge >= 0.3 is 0 Å². The van der Waals surface area contributed by atoms with Crippen LogP contribution in [0.4, 0.5) is 17.3 Å². The van der Waals surface area contributed by atoms with Gasteiger partial charge in [0.15, 0.2) is 6.29 Å². The molecule has 0 amide bonds. The molecule has 0 unspecified atom stereocenters. The molecule has 2 heterocycles. The van der Waals surface area contributed by atoms with Crippen molar-refractivity contribution in [3.63, 3.8) is 0 Å². The van der Waals surface area contributed by atoms with Crippen LogP contribution in [0.5, 0.6) is 0 Å². The number of nitrogen functional groups attached to an aromatic ring is 1. The molecule has 0 spiro atoms. The number of hydrogen-bond acceptors (Lipinski definition) is 7. The summed E-state index contributed by atoms with van der Waals surface area (Å²) in [4.78, 5) is 20.5. The second kappa shape index (κ2) is 8.62. The van der Waals surface area contributed by atoms with Crippen LogP contribution >= 0.6 is 0 Å². The van der Waals surface area contributed by atoms with Gasteiger partial charge in [-0.1, -0.05) is 12.1 Å². The smallest absolute Gasteiger partial charge is 0.156 e. The molecular weight excluding hydrogens is 354 g/mol. The van der Waals surface area contributed by atoms with Crippen molar-refractivity contribution >= 4 is 23.6 Å². The van der Waals surface area contributed by atoms with Gasteiger partial charge in [-0.05, 0) is 46.9 Å². The molecule has 8 heteroatoms. The van der Waals surface area contributed by atoms with E-state index >= 15 is 0 Å². The highest BCUT2D eigenvalue weighted by Gasteiger charge is 2.26. The number of aryl methyl sites for hydroxylation is 1. The highest BCUT2D eigenvalue weighted by Crippen LogP contribution is 2.33. The molecule has 0 aliphatic heterocycles. The summed E-state index contributed by atoms with van der Waals surface area (Å²) in [6, 6.07) is 7.29. The fourth-order valence-corrected chi connectivity index (χ4v) is 2.65. The zero-order chi connectivity index (χ0) is 20.9. The lowest BCUT2D eigenvalue weighted by atomic mass is 10.1. The number of benzene rings is 1. The van der Waals surface area contributed by atoms with E-state index in [0.717, 1.165) is 17.5 Å². The van der Waals surface area contributed by atoms with Crippen molar-refractivity contribution in [2.75, 3.05) is 18.1 Å². The van der Waals surface area contributed by atoms with E-state index < -0.39 is 0 Å². The molecule has 5 N–H and O–H groups in total. The molecule has 0 aliphatic carbocycles. The number of nitrogens with two attached hydrogens (primary N) is 2.